The normalized spacial score (nSPS) is 21.8. The van der Waals surface area contributed by atoms with Crippen molar-refractivity contribution < 1.29 is 43.5 Å². The van der Waals surface area contributed by atoms with E-state index in [1.54, 1.807) is 24.3 Å². The van der Waals surface area contributed by atoms with Crippen molar-refractivity contribution >= 4 is 23.7 Å². The number of hydrogen-bond acceptors (Lipinski definition) is 8. The van der Waals surface area contributed by atoms with E-state index in [2.05, 4.69) is 0 Å². The summed E-state index contributed by atoms with van der Waals surface area (Å²) in [6, 6.07) is 8.75. The van der Waals surface area contributed by atoms with Gasteiger partial charge < -0.3 is 34.1 Å². The second kappa shape index (κ2) is 8.14. The Balaban J connectivity index is 1.27. The Hall–Kier alpha value is -4.05. The summed E-state index contributed by atoms with van der Waals surface area (Å²) in [5.41, 5.74) is 1.06. The van der Waals surface area contributed by atoms with Gasteiger partial charge >= 0.3 is 5.97 Å². The van der Waals surface area contributed by atoms with Crippen LogP contribution in [0.4, 0.5) is 0 Å². The molecule has 0 bridgehead atoms. The zero-order chi connectivity index (χ0) is 23.1. The summed E-state index contributed by atoms with van der Waals surface area (Å²) in [7, 11) is 0. The van der Waals surface area contributed by atoms with Crippen LogP contribution in [-0.2, 0) is 9.59 Å². The smallest absolute Gasteiger partial charge is 0.326 e. The van der Waals surface area contributed by atoms with Crippen LogP contribution in [0.25, 0.3) is 6.08 Å². The van der Waals surface area contributed by atoms with Crippen LogP contribution < -0.4 is 18.9 Å². The van der Waals surface area contributed by atoms with Gasteiger partial charge in [-0.1, -0.05) is 6.07 Å². The molecule has 0 aliphatic carbocycles. The number of nitrogens with zero attached hydrogens (tertiary/aromatic N) is 1. The lowest BCUT2D eigenvalue weighted by atomic mass is 10.1. The van der Waals surface area contributed by atoms with Crippen molar-refractivity contribution in [1.82, 2.24) is 4.90 Å². The first-order chi connectivity index (χ1) is 15.9. The number of benzene rings is 2. The van der Waals surface area contributed by atoms with Gasteiger partial charge in [0.2, 0.25) is 12.6 Å². The highest BCUT2D eigenvalue weighted by Gasteiger charge is 2.39. The number of Topliss-reactive ketones (excluding diaryl/α,β-unsaturated/α-hetero) is 1. The van der Waals surface area contributed by atoms with Crippen molar-refractivity contribution in [3.05, 3.63) is 53.3 Å². The molecule has 2 N–H and O–H groups in total. The quantitative estimate of drug-likeness (QED) is 0.646. The Bertz CT molecular complexity index is 1190. The van der Waals surface area contributed by atoms with Crippen molar-refractivity contribution in [3.8, 4) is 23.0 Å². The molecule has 33 heavy (non-hydrogen) atoms. The van der Waals surface area contributed by atoms with Crippen LogP contribution in [0, 0.1) is 0 Å². The topological polar surface area (TPSA) is 132 Å². The second-order valence-corrected chi connectivity index (χ2v) is 7.79. The Morgan fingerprint density at radius 1 is 1.12 bits per heavy atom. The number of hydrogen-bond donors (Lipinski definition) is 2. The van der Waals surface area contributed by atoms with Crippen LogP contribution >= 0.6 is 0 Å². The molecule has 2 aromatic carbocycles. The molecule has 5 rings (SSSR count). The van der Waals surface area contributed by atoms with Gasteiger partial charge in [0.25, 0.3) is 5.91 Å². The molecule has 0 unspecified atom stereocenters. The van der Waals surface area contributed by atoms with E-state index < -0.39 is 30.6 Å². The van der Waals surface area contributed by atoms with Gasteiger partial charge in [0.05, 0.1) is 11.7 Å². The fourth-order valence-electron chi connectivity index (χ4n) is 3.96. The zero-order valence-corrected chi connectivity index (χ0v) is 17.2. The summed E-state index contributed by atoms with van der Waals surface area (Å²) in [5.74, 6) is -0.0984. The molecule has 10 heteroatoms. The van der Waals surface area contributed by atoms with Crippen LogP contribution in [0.2, 0.25) is 0 Å². The summed E-state index contributed by atoms with van der Waals surface area (Å²) in [6.07, 6.45) is 0.692. The van der Waals surface area contributed by atoms with Gasteiger partial charge in [0, 0.05) is 19.0 Å². The number of likely N-dealkylation sites (tertiary alicyclic amines) is 1. The number of aliphatic carboxylic acids is 1. The SMILES string of the molecule is O=C1C(=Cc2ccc3c(c2)OCO3)Oc2cc(OCC(=O)N3C[C@H](O)C[C@H]3C(=O)O)ccc21. The molecule has 1 amide bonds. The van der Waals surface area contributed by atoms with E-state index in [4.69, 9.17) is 18.9 Å². The van der Waals surface area contributed by atoms with Crippen LogP contribution in [0.5, 0.6) is 23.0 Å². The predicted octanol–water partition coefficient (Wildman–Crippen LogP) is 1.46. The molecular weight excluding hydrogens is 434 g/mol. The maximum Gasteiger partial charge on any atom is 0.326 e. The number of carbonyl (C=O) groups excluding carboxylic acids is 2. The average Bonchev–Trinajstić information content (AvgIpc) is 3.49. The summed E-state index contributed by atoms with van der Waals surface area (Å²) < 4.78 is 21.8. The summed E-state index contributed by atoms with van der Waals surface area (Å²) >= 11 is 0. The fraction of sp³-hybridized carbons (Fsp3) is 0.261. The maximum atomic E-state index is 12.7. The molecule has 0 radical (unpaired) electrons. The van der Waals surface area contributed by atoms with Crippen LogP contribution in [0.1, 0.15) is 22.3 Å². The van der Waals surface area contributed by atoms with Crippen molar-refractivity contribution in [1.29, 1.82) is 0 Å². The molecule has 3 heterocycles. The fourth-order valence-corrected chi connectivity index (χ4v) is 3.96. The van der Waals surface area contributed by atoms with Crippen LogP contribution in [0.15, 0.2) is 42.2 Å². The molecule has 10 nitrogen and oxygen atoms in total. The lowest BCUT2D eigenvalue weighted by Crippen LogP contribution is -2.42. The van der Waals surface area contributed by atoms with Crippen LogP contribution in [0.3, 0.4) is 0 Å². The number of ketones is 1. The Kier molecular flexibility index (Phi) is 5.14. The largest absolute Gasteiger partial charge is 0.484 e. The molecule has 0 spiro atoms. The Morgan fingerprint density at radius 3 is 2.76 bits per heavy atom. The van der Waals surface area contributed by atoms with Gasteiger partial charge in [-0.25, -0.2) is 4.79 Å². The number of amides is 1. The summed E-state index contributed by atoms with van der Waals surface area (Å²) in [4.78, 5) is 37.5. The number of allylic oxidation sites excluding steroid dienone is 1. The van der Waals surface area contributed by atoms with E-state index in [0.29, 0.717) is 22.6 Å². The van der Waals surface area contributed by atoms with Gasteiger partial charge in [-0.15, -0.1) is 0 Å². The molecule has 170 valence electrons. The van der Waals surface area contributed by atoms with E-state index in [0.717, 1.165) is 4.90 Å². The number of carbonyl (C=O) groups is 3. The van der Waals surface area contributed by atoms with Crippen LogP contribution in [-0.4, -0.2) is 64.9 Å². The maximum absolute atomic E-state index is 12.7. The molecule has 2 atom stereocenters. The Morgan fingerprint density at radius 2 is 1.94 bits per heavy atom. The van der Waals surface area contributed by atoms with Crippen molar-refractivity contribution in [2.24, 2.45) is 0 Å². The minimum atomic E-state index is -1.17. The molecule has 3 aliphatic rings. The number of aliphatic hydroxyl groups excluding tert-OH is 1. The molecule has 1 fully saturated rings. The van der Waals surface area contributed by atoms with E-state index in [-0.39, 0.29) is 42.8 Å². The highest BCUT2D eigenvalue weighted by atomic mass is 16.7. The first kappa shape index (κ1) is 20.8. The number of rotatable bonds is 5. The third kappa shape index (κ3) is 3.96. The van der Waals surface area contributed by atoms with E-state index in [9.17, 15) is 24.6 Å². The minimum Gasteiger partial charge on any atom is -0.484 e. The number of ether oxygens (including phenoxy) is 4. The number of β-amino-alcohol motifs (C(OH)–C–C–N with tert-alkyl or cyclic N) is 1. The molecular formula is C23H19NO9. The first-order valence-corrected chi connectivity index (χ1v) is 10.2. The zero-order valence-electron chi connectivity index (χ0n) is 17.2. The van der Waals surface area contributed by atoms with E-state index in [1.165, 1.54) is 18.2 Å². The lowest BCUT2D eigenvalue weighted by Gasteiger charge is -2.21. The molecule has 3 aliphatic heterocycles. The van der Waals surface area contributed by atoms with Gasteiger partial charge in [-0.3, -0.25) is 9.59 Å². The van der Waals surface area contributed by atoms with Gasteiger partial charge in [-0.2, -0.15) is 0 Å². The van der Waals surface area contributed by atoms with Gasteiger partial charge in [0.1, 0.15) is 17.5 Å². The van der Waals surface area contributed by atoms with Crippen molar-refractivity contribution in [3.63, 3.8) is 0 Å². The monoisotopic (exact) mass is 453 g/mol. The molecule has 0 saturated carbocycles. The predicted molar refractivity (Wildman–Crippen MR) is 111 cm³/mol. The summed E-state index contributed by atoms with van der Waals surface area (Å²) in [5, 5.41) is 18.9. The number of carboxylic acids is 1. The van der Waals surface area contributed by atoms with E-state index >= 15 is 0 Å². The lowest BCUT2D eigenvalue weighted by molar-refractivity contribution is -0.148. The standard InChI is InChI=1S/C23H19NO9/c25-13-7-16(23(28)29)24(9-13)21(26)10-30-14-2-3-15-18(8-14)33-20(22(15)27)6-12-1-4-17-19(5-12)32-11-31-17/h1-6,8,13,16,25H,7,9-11H2,(H,28,29)/t13-,16+/m1/s1. The third-order valence-corrected chi connectivity index (χ3v) is 5.58. The first-order valence-electron chi connectivity index (χ1n) is 10.2. The van der Waals surface area contributed by atoms with Gasteiger partial charge in [0.15, 0.2) is 23.9 Å². The summed E-state index contributed by atoms with van der Waals surface area (Å²) in [6.45, 7) is -0.324. The molecule has 0 aromatic heterocycles. The number of fused-ring (bicyclic) bond motifs is 2. The Labute approximate surface area is 187 Å². The third-order valence-electron chi connectivity index (χ3n) is 5.58. The minimum absolute atomic E-state index is 0.0195. The molecule has 1 saturated heterocycles. The van der Waals surface area contributed by atoms with Gasteiger partial charge in [-0.05, 0) is 35.9 Å². The van der Waals surface area contributed by atoms with E-state index in [1.807, 2.05) is 0 Å². The average molecular weight is 453 g/mol. The highest BCUT2D eigenvalue weighted by Crippen LogP contribution is 2.37. The molecule has 2 aromatic rings. The second-order valence-electron chi connectivity index (χ2n) is 7.79. The number of carboxylic acid groups (broad SMARTS) is 1. The number of aliphatic hydroxyl groups is 1. The highest BCUT2D eigenvalue weighted by molar-refractivity contribution is 6.14. The van der Waals surface area contributed by atoms with Crippen molar-refractivity contribution in [2.75, 3.05) is 19.9 Å². The van der Waals surface area contributed by atoms with Crippen molar-refractivity contribution in [2.45, 2.75) is 18.6 Å².